The van der Waals surface area contributed by atoms with Crippen LogP contribution in [-0.2, 0) is 4.79 Å². The van der Waals surface area contributed by atoms with Crippen molar-refractivity contribution in [3.05, 3.63) is 59.7 Å². The number of imidazole rings is 1. The van der Waals surface area contributed by atoms with Gasteiger partial charge < -0.3 is 10.3 Å². The highest BCUT2D eigenvalue weighted by Gasteiger charge is 2.23. The first-order chi connectivity index (χ1) is 18.2. The third-order valence-corrected chi connectivity index (χ3v) is 7.56. The van der Waals surface area contributed by atoms with Crippen molar-refractivity contribution in [3.8, 4) is 33.9 Å². The Balaban J connectivity index is 1.25. The van der Waals surface area contributed by atoms with Crippen LogP contribution in [0.25, 0.3) is 56.1 Å². The smallest absolute Gasteiger partial charge is 0.227 e. The van der Waals surface area contributed by atoms with Gasteiger partial charge in [-0.1, -0.05) is 12.8 Å². The number of anilines is 1. The lowest BCUT2D eigenvalue weighted by Crippen LogP contribution is -2.20. The molecule has 0 radical (unpaired) electrons. The first kappa shape index (κ1) is 21.8. The molecule has 37 heavy (non-hydrogen) atoms. The number of carbonyl (C=O) groups excluding carboxylic acids is 1. The highest BCUT2D eigenvalue weighted by molar-refractivity contribution is 7.08. The van der Waals surface area contributed by atoms with Crippen LogP contribution in [-0.4, -0.2) is 41.0 Å². The number of amides is 1. The van der Waals surface area contributed by atoms with E-state index in [2.05, 4.69) is 41.9 Å². The number of aromatic amines is 2. The molecule has 6 aromatic rings. The molecule has 0 aliphatic heterocycles. The molecule has 0 spiro atoms. The van der Waals surface area contributed by atoms with Gasteiger partial charge in [-0.05, 0) is 59.5 Å². The number of nitrogens with one attached hydrogen (secondary N) is 3. The van der Waals surface area contributed by atoms with Gasteiger partial charge in [0.25, 0.3) is 0 Å². The molecule has 1 fully saturated rings. The molecule has 6 heterocycles. The SMILES string of the molecule is O=C(Nc1cncc(-c2ccc3[nH]nc(-c4nc5c(-c6ccsc6)ccnc5[nH]4)c3n2)c1)C1CCCC1. The molecule has 1 saturated carbocycles. The summed E-state index contributed by atoms with van der Waals surface area (Å²) < 4.78 is 0. The van der Waals surface area contributed by atoms with E-state index in [1.807, 2.05) is 29.6 Å². The van der Waals surface area contributed by atoms with E-state index in [-0.39, 0.29) is 11.8 Å². The molecule has 6 aromatic heterocycles. The minimum atomic E-state index is 0.0669. The Morgan fingerprint density at radius 3 is 2.81 bits per heavy atom. The second-order valence-electron chi connectivity index (χ2n) is 9.25. The first-order valence-electron chi connectivity index (χ1n) is 12.2. The summed E-state index contributed by atoms with van der Waals surface area (Å²) in [6.07, 6.45) is 9.33. The van der Waals surface area contributed by atoms with E-state index in [9.17, 15) is 4.79 Å². The lowest BCUT2D eigenvalue weighted by atomic mass is 10.1. The average Bonchev–Trinajstić information content (AvgIpc) is 3.74. The highest BCUT2D eigenvalue weighted by atomic mass is 32.1. The van der Waals surface area contributed by atoms with Crippen molar-refractivity contribution in [2.45, 2.75) is 25.7 Å². The van der Waals surface area contributed by atoms with Crippen LogP contribution in [0.15, 0.2) is 59.7 Å². The van der Waals surface area contributed by atoms with Crippen molar-refractivity contribution in [2.75, 3.05) is 5.32 Å². The molecule has 1 aliphatic carbocycles. The summed E-state index contributed by atoms with van der Waals surface area (Å²) in [5, 5.41) is 14.7. The van der Waals surface area contributed by atoms with Gasteiger partial charge in [-0.25, -0.2) is 15.0 Å². The number of pyridine rings is 3. The standard InChI is InChI=1S/C27H22N8OS/c36-27(15-3-1-2-4-15)30-18-11-17(12-28-13-18)20-5-6-21-23(31-20)24(35-34-21)26-32-22-19(16-8-10-37-14-16)7-9-29-25(22)33-26/h5-15H,1-4H2,(H,30,36)(H,34,35)(H,29,32,33). The number of rotatable bonds is 5. The monoisotopic (exact) mass is 506 g/mol. The fraction of sp³-hybridized carbons (Fsp3) is 0.185. The zero-order chi connectivity index (χ0) is 24.8. The maximum Gasteiger partial charge on any atom is 0.227 e. The molecule has 1 aliphatic rings. The van der Waals surface area contributed by atoms with Gasteiger partial charge in [-0.3, -0.25) is 14.9 Å². The molecule has 9 nitrogen and oxygen atoms in total. The Hall–Kier alpha value is -4.44. The maximum absolute atomic E-state index is 12.6. The predicted molar refractivity (Wildman–Crippen MR) is 144 cm³/mol. The maximum atomic E-state index is 12.6. The molecule has 3 N–H and O–H groups in total. The summed E-state index contributed by atoms with van der Waals surface area (Å²) in [5.41, 5.74) is 7.92. The first-order valence-corrected chi connectivity index (χ1v) is 13.2. The third-order valence-electron chi connectivity index (χ3n) is 6.88. The molecule has 0 saturated heterocycles. The van der Waals surface area contributed by atoms with E-state index in [0.29, 0.717) is 28.4 Å². The van der Waals surface area contributed by atoms with Gasteiger partial charge in [0.05, 0.1) is 23.1 Å². The van der Waals surface area contributed by atoms with Crippen LogP contribution in [0.2, 0.25) is 0 Å². The number of carbonyl (C=O) groups is 1. The second kappa shape index (κ2) is 8.90. The van der Waals surface area contributed by atoms with Gasteiger partial charge in [0.2, 0.25) is 5.91 Å². The number of aromatic nitrogens is 7. The van der Waals surface area contributed by atoms with Gasteiger partial charge in [-0.15, -0.1) is 0 Å². The second-order valence-corrected chi connectivity index (χ2v) is 10.0. The van der Waals surface area contributed by atoms with Gasteiger partial charge in [0.15, 0.2) is 17.2 Å². The van der Waals surface area contributed by atoms with Gasteiger partial charge in [0.1, 0.15) is 11.0 Å². The van der Waals surface area contributed by atoms with Gasteiger partial charge >= 0.3 is 0 Å². The average molecular weight is 507 g/mol. The quantitative estimate of drug-likeness (QED) is 0.271. The van der Waals surface area contributed by atoms with Crippen LogP contribution in [0, 0.1) is 5.92 Å². The Morgan fingerprint density at radius 1 is 1.03 bits per heavy atom. The van der Waals surface area contributed by atoms with E-state index in [4.69, 9.17) is 9.97 Å². The number of hydrogen-bond acceptors (Lipinski definition) is 7. The summed E-state index contributed by atoms with van der Waals surface area (Å²) >= 11 is 1.65. The van der Waals surface area contributed by atoms with Crippen molar-refractivity contribution in [3.63, 3.8) is 0 Å². The molecule has 0 bridgehead atoms. The summed E-state index contributed by atoms with van der Waals surface area (Å²) in [7, 11) is 0. The summed E-state index contributed by atoms with van der Waals surface area (Å²) in [4.78, 5) is 34.5. The normalized spacial score (nSPS) is 14.1. The Labute approximate surface area is 215 Å². The van der Waals surface area contributed by atoms with E-state index in [1.54, 1.807) is 29.9 Å². The molecule has 7 rings (SSSR count). The largest absolute Gasteiger partial charge is 0.324 e. The van der Waals surface area contributed by atoms with Crippen LogP contribution >= 0.6 is 11.3 Å². The topological polar surface area (TPSA) is 125 Å². The summed E-state index contributed by atoms with van der Waals surface area (Å²) in [5.74, 6) is 0.749. The Kier molecular flexibility index (Phi) is 5.24. The molecular formula is C27H22N8OS. The fourth-order valence-corrected chi connectivity index (χ4v) is 5.63. The van der Waals surface area contributed by atoms with E-state index >= 15 is 0 Å². The van der Waals surface area contributed by atoms with Gasteiger partial charge in [0, 0.05) is 29.4 Å². The van der Waals surface area contributed by atoms with Crippen molar-refractivity contribution in [1.82, 2.24) is 35.1 Å². The molecule has 182 valence electrons. The zero-order valence-electron chi connectivity index (χ0n) is 19.7. The minimum Gasteiger partial charge on any atom is -0.324 e. The number of fused-ring (bicyclic) bond motifs is 2. The molecule has 10 heteroatoms. The van der Waals surface area contributed by atoms with Gasteiger partial charge in [-0.2, -0.15) is 16.4 Å². The minimum absolute atomic E-state index is 0.0669. The Bertz CT molecular complexity index is 1750. The number of H-pyrrole nitrogens is 2. The highest BCUT2D eigenvalue weighted by Crippen LogP contribution is 2.32. The van der Waals surface area contributed by atoms with Crippen LogP contribution in [0.4, 0.5) is 5.69 Å². The van der Waals surface area contributed by atoms with Crippen LogP contribution in [0.5, 0.6) is 0 Å². The molecule has 1 amide bonds. The van der Waals surface area contributed by atoms with E-state index in [0.717, 1.165) is 59.1 Å². The molecule has 0 unspecified atom stereocenters. The zero-order valence-corrected chi connectivity index (χ0v) is 20.5. The molecule has 0 aromatic carbocycles. The predicted octanol–water partition coefficient (Wildman–Crippen LogP) is 5.82. The van der Waals surface area contributed by atoms with Crippen LogP contribution in [0.3, 0.4) is 0 Å². The lowest BCUT2D eigenvalue weighted by molar-refractivity contribution is -0.119. The number of thiophene rings is 1. The lowest BCUT2D eigenvalue weighted by Gasteiger charge is -2.11. The molecule has 0 atom stereocenters. The molecular weight excluding hydrogens is 484 g/mol. The van der Waals surface area contributed by atoms with Crippen molar-refractivity contribution in [1.29, 1.82) is 0 Å². The summed E-state index contributed by atoms with van der Waals surface area (Å²) in [6.45, 7) is 0. The Morgan fingerprint density at radius 2 is 1.95 bits per heavy atom. The van der Waals surface area contributed by atoms with Crippen molar-refractivity contribution >= 4 is 45.1 Å². The van der Waals surface area contributed by atoms with Crippen LogP contribution < -0.4 is 5.32 Å². The fourth-order valence-electron chi connectivity index (χ4n) is 4.98. The summed E-state index contributed by atoms with van der Waals surface area (Å²) in [6, 6.07) is 9.81. The van der Waals surface area contributed by atoms with Crippen molar-refractivity contribution in [2.24, 2.45) is 5.92 Å². The third kappa shape index (κ3) is 3.95. The number of nitrogens with zero attached hydrogens (tertiary/aromatic N) is 5. The van der Waals surface area contributed by atoms with E-state index < -0.39 is 0 Å². The van der Waals surface area contributed by atoms with E-state index in [1.165, 1.54) is 0 Å². The number of hydrogen-bond donors (Lipinski definition) is 3. The van der Waals surface area contributed by atoms with Crippen molar-refractivity contribution < 1.29 is 4.79 Å². The van der Waals surface area contributed by atoms with Crippen LogP contribution in [0.1, 0.15) is 25.7 Å².